The van der Waals surface area contributed by atoms with Crippen LogP contribution in [0.25, 0.3) is 0 Å². The van der Waals surface area contributed by atoms with Gasteiger partial charge in [0.1, 0.15) is 0 Å². The molecule has 3 rings (SSSR count). The minimum Gasteiger partial charge on any atom is -0.258 e. The smallest absolute Gasteiger partial charge is 0.258 e. The number of nitro groups is 1. The molecule has 3 aromatic carbocycles. The van der Waals surface area contributed by atoms with Gasteiger partial charge in [0.25, 0.3) is 5.69 Å². The van der Waals surface area contributed by atoms with E-state index in [0.29, 0.717) is 0 Å². The van der Waals surface area contributed by atoms with E-state index in [9.17, 15) is 19.9 Å². The lowest BCUT2D eigenvalue weighted by Gasteiger charge is -2.39. The third-order valence-corrected chi connectivity index (χ3v) is 9.71. The van der Waals surface area contributed by atoms with Crippen molar-refractivity contribution in [3.63, 3.8) is 0 Å². The van der Waals surface area contributed by atoms with Gasteiger partial charge in [-0.15, -0.1) is 0 Å². The fourth-order valence-electron chi connectivity index (χ4n) is 5.41. The molecule has 0 bridgehead atoms. The highest BCUT2D eigenvalue weighted by Crippen LogP contribution is 2.59. The first-order valence-electron chi connectivity index (χ1n) is 14.9. The molecule has 0 aliphatic heterocycles. The van der Waals surface area contributed by atoms with Gasteiger partial charge in [-0.25, -0.2) is 0 Å². The second-order valence-electron chi connectivity index (χ2n) is 16.0. The molecule has 0 amide bonds. The Morgan fingerprint density at radius 3 is 1.26 bits per heavy atom. The van der Waals surface area contributed by atoms with Crippen LogP contribution in [0.15, 0.2) is 60.7 Å². The summed E-state index contributed by atoms with van der Waals surface area (Å²) in [6, 6.07) is 18.1. The molecule has 7 heteroatoms. The lowest BCUT2D eigenvalue weighted by atomic mass is 9.70. The number of non-ortho nitro benzene ring substituents is 1. The summed E-state index contributed by atoms with van der Waals surface area (Å²) in [5.41, 5.74) is 3.92. The molecule has 0 atom stereocenters. The first-order chi connectivity index (χ1) is 19.3. The summed E-state index contributed by atoms with van der Waals surface area (Å²) >= 11 is 0. The zero-order valence-electron chi connectivity index (χ0n) is 28.3. The molecule has 0 aromatic heterocycles. The highest BCUT2D eigenvalue weighted by molar-refractivity contribution is 7.67. The standard InChI is InChI=1S/C36H51NO5P/c1-32(2,3)24-14-20-28(30(22-24)34(7,8)9)36(13,42-43(40,41)27-18-16-26(17-19-27)37(38)39)29-21-15-25(33(4,5)6)23-31(29)35(10,11)12/h14-23,40-41H,1-13H3/q+1. The van der Waals surface area contributed by atoms with Crippen molar-refractivity contribution in [2.24, 2.45) is 0 Å². The zero-order chi connectivity index (χ0) is 33.0. The molecule has 0 aliphatic carbocycles. The highest BCUT2D eigenvalue weighted by Gasteiger charge is 2.52. The number of rotatable bonds is 6. The van der Waals surface area contributed by atoms with E-state index in [1.807, 2.05) is 6.92 Å². The molecule has 234 valence electrons. The Balaban J connectivity index is 2.44. The third kappa shape index (κ3) is 7.54. The van der Waals surface area contributed by atoms with E-state index in [0.717, 1.165) is 22.3 Å². The van der Waals surface area contributed by atoms with Crippen LogP contribution in [-0.2, 0) is 31.8 Å². The van der Waals surface area contributed by atoms with Crippen LogP contribution < -0.4 is 5.30 Å². The predicted molar refractivity (Wildman–Crippen MR) is 179 cm³/mol. The molecule has 0 radical (unpaired) electrons. The normalized spacial score (nSPS) is 13.7. The van der Waals surface area contributed by atoms with Crippen molar-refractivity contribution in [3.05, 3.63) is 104 Å². The van der Waals surface area contributed by atoms with Crippen LogP contribution in [-0.4, -0.2) is 14.7 Å². The zero-order valence-corrected chi connectivity index (χ0v) is 29.2. The van der Waals surface area contributed by atoms with Crippen molar-refractivity contribution >= 4 is 18.9 Å². The number of nitro benzene ring substituents is 1. The molecule has 0 unspecified atom stereocenters. The minimum atomic E-state index is -4.25. The summed E-state index contributed by atoms with van der Waals surface area (Å²) in [5.74, 6) is 0. The summed E-state index contributed by atoms with van der Waals surface area (Å²) in [6.07, 6.45) is 0. The third-order valence-electron chi connectivity index (χ3n) is 8.12. The van der Waals surface area contributed by atoms with E-state index < -0.39 is 18.5 Å². The fraction of sp³-hybridized carbons (Fsp3) is 0.500. The average Bonchev–Trinajstić information content (AvgIpc) is 2.85. The quantitative estimate of drug-likeness (QED) is 0.165. The maximum absolute atomic E-state index is 11.7. The molecule has 0 spiro atoms. The van der Waals surface area contributed by atoms with Crippen molar-refractivity contribution in [2.45, 2.75) is 117 Å². The molecule has 0 fully saturated rings. The molecule has 0 saturated heterocycles. The number of benzene rings is 3. The largest absolute Gasteiger partial charge is 0.444 e. The van der Waals surface area contributed by atoms with E-state index in [1.54, 1.807) is 0 Å². The number of hydrogen-bond acceptors (Lipinski definition) is 5. The van der Waals surface area contributed by atoms with Gasteiger partial charge in [-0.05, 0) is 74.1 Å². The van der Waals surface area contributed by atoms with Crippen LogP contribution in [0.3, 0.4) is 0 Å². The van der Waals surface area contributed by atoms with E-state index in [-0.39, 0.29) is 32.7 Å². The average molecular weight is 609 g/mol. The molecule has 3 aromatic rings. The molecular weight excluding hydrogens is 557 g/mol. The summed E-state index contributed by atoms with van der Waals surface area (Å²) in [7, 11) is -4.25. The molecule has 2 N–H and O–H groups in total. The van der Waals surface area contributed by atoms with Crippen molar-refractivity contribution in [2.75, 3.05) is 0 Å². The highest BCUT2D eigenvalue weighted by atomic mass is 31.2. The molecule has 0 heterocycles. The van der Waals surface area contributed by atoms with Gasteiger partial charge in [-0.2, -0.15) is 14.3 Å². The van der Waals surface area contributed by atoms with Crippen LogP contribution in [0.4, 0.5) is 5.69 Å². The maximum Gasteiger partial charge on any atom is 0.444 e. The number of hydrogen-bond donors (Lipinski definition) is 2. The van der Waals surface area contributed by atoms with Gasteiger partial charge in [-0.1, -0.05) is 119 Å². The lowest BCUT2D eigenvalue weighted by molar-refractivity contribution is -0.384. The minimum absolute atomic E-state index is 0.0931. The van der Waals surface area contributed by atoms with E-state index in [4.69, 9.17) is 4.52 Å². The van der Waals surface area contributed by atoms with Gasteiger partial charge in [0, 0.05) is 12.1 Å². The monoisotopic (exact) mass is 608 g/mol. The van der Waals surface area contributed by atoms with Crippen molar-refractivity contribution in [3.8, 4) is 0 Å². The molecule has 43 heavy (non-hydrogen) atoms. The summed E-state index contributed by atoms with van der Waals surface area (Å²) in [5, 5.41) is 11.4. The Labute approximate surface area is 259 Å². The fourth-order valence-corrected chi connectivity index (χ4v) is 6.76. The van der Waals surface area contributed by atoms with Gasteiger partial charge in [0.15, 0.2) is 10.9 Å². The van der Waals surface area contributed by atoms with Gasteiger partial charge in [0.05, 0.1) is 4.92 Å². The Kier molecular flexibility index (Phi) is 9.22. The summed E-state index contributed by atoms with van der Waals surface area (Å²) in [6.45, 7) is 27.9. The Bertz CT molecular complexity index is 1400. The van der Waals surface area contributed by atoms with Gasteiger partial charge >= 0.3 is 7.94 Å². The van der Waals surface area contributed by atoms with Crippen molar-refractivity contribution in [1.29, 1.82) is 0 Å². The Morgan fingerprint density at radius 2 is 0.953 bits per heavy atom. The van der Waals surface area contributed by atoms with E-state index in [2.05, 4.69) is 119 Å². The summed E-state index contributed by atoms with van der Waals surface area (Å²) in [4.78, 5) is 34.2. The van der Waals surface area contributed by atoms with Crippen LogP contribution in [0.1, 0.15) is 123 Å². The van der Waals surface area contributed by atoms with E-state index in [1.165, 1.54) is 35.4 Å². The first kappa shape index (κ1) is 34.9. The van der Waals surface area contributed by atoms with Crippen LogP contribution >= 0.6 is 7.94 Å². The van der Waals surface area contributed by atoms with Gasteiger partial charge in [0.2, 0.25) is 0 Å². The SMILES string of the molecule is CC(C)(C)c1ccc(C(C)(O[P+](O)(O)c2ccc([N+](=O)[O-])cc2)c2ccc(C(C)(C)C)cc2C(C)(C)C)c(C(C)(C)C)c1. The Hall–Kier alpha value is -2.63. The second kappa shape index (κ2) is 11.4. The van der Waals surface area contributed by atoms with Crippen molar-refractivity contribution in [1.82, 2.24) is 0 Å². The number of nitrogens with zero attached hydrogens (tertiary/aromatic N) is 1. The van der Waals surface area contributed by atoms with Crippen molar-refractivity contribution < 1.29 is 19.2 Å². The van der Waals surface area contributed by atoms with Gasteiger partial charge < -0.3 is 0 Å². The molecule has 0 aliphatic rings. The molecular formula is C36H51NO5P+. The van der Waals surface area contributed by atoms with Crippen LogP contribution in [0, 0.1) is 10.1 Å². The molecule has 6 nitrogen and oxygen atoms in total. The maximum atomic E-state index is 11.7. The molecule has 0 saturated carbocycles. The first-order valence-corrected chi connectivity index (χ1v) is 16.5. The topological polar surface area (TPSA) is 92.8 Å². The lowest BCUT2D eigenvalue weighted by Crippen LogP contribution is -2.36. The predicted octanol–water partition coefficient (Wildman–Crippen LogP) is 9.14. The van der Waals surface area contributed by atoms with E-state index >= 15 is 0 Å². The van der Waals surface area contributed by atoms with Crippen LogP contribution in [0.5, 0.6) is 0 Å². The van der Waals surface area contributed by atoms with Gasteiger partial charge in [-0.3, -0.25) is 10.1 Å². The second-order valence-corrected chi connectivity index (χ2v) is 17.7. The summed E-state index contributed by atoms with van der Waals surface area (Å²) < 4.78 is 6.66. The Morgan fingerprint density at radius 1 is 0.581 bits per heavy atom. The van der Waals surface area contributed by atoms with Crippen LogP contribution in [0.2, 0.25) is 0 Å².